The highest BCUT2D eigenvalue weighted by atomic mass is 19.1. The number of likely N-dealkylation sites (N-methyl/N-ethyl adjacent to an activating group) is 1. The molecule has 0 saturated carbocycles. The van der Waals surface area contributed by atoms with Gasteiger partial charge in [0, 0.05) is 30.4 Å². The molecule has 2 N–H and O–H groups in total. The maximum Gasteiger partial charge on any atom is 0.307 e. The average Bonchev–Trinajstić information content (AvgIpc) is 3.56. The monoisotopic (exact) mass is 589 g/mol. The van der Waals surface area contributed by atoms with Crippen molar-refractivity contribution >= 4 is 17.9 Å². The highest BCUT2D eigenvalue weighted by Gasteiger charge is 2.28. The van der Waals surface area contributed by atoms with Gasteiger partial charge in [-0.3, -0.25) is 9.59 Å². The van der Waals surface area contributed by atoms with E-state index in [0.29, 0.717) is 12.4 Å². The molecule has 6 nitrogen and oxygen atoms in total. The van der Waals surface area contributed by atoms with Crippen molar-refractivity contribution in [2.45, 2.75) is 85.2 Å². The van der Waals surface area contributed by atoms with E-state index >= 15 is 0 Å². The summed E-state index contributed by atoms with van der Waals surface area (Å²) in [5.41, 5.74) is 10.7. The maximum atomic E-state index is 14.9. The molecule has 0 amide bonds. The van der Waals surface area contributed by atoms with Crippen molar-refractivity contribution in [3.63, 3.8) is 0 Å². The van der Waals surface area contributed by atoms with E-state index < -0.39 is 11.6 Å². The minimum atomic E-state index is -0.870. The van der Waals surface area contributed by atoms with Gasteiger partial charge in [0.05, 0.1) is 18.6 Å². The van der Waals surface area contributed by atoms with Crippen molar-refractivity contribution in [1.29, 1.82) is 0 Å². The molecule has 2 aliphatic heterocycles. The lowest BCUT2D eigenvalue weighted by molar-refractivity contribution is -0.136. The zero-order chi connectivity index (χ0) is 31.5. The van der Waals surface area contributed by atoms with E-state index in [1.807, 2.05) is 33.0 Å². The van der Waals surface area contributed by atoms with Crippen LogP contribution in [0.2, 0.25) is 0 Å². The summed E-state index contributed by atoms with van der Waals surface area (Å²) in [5.74, 6) is -0.859. The second kappa shape index (κ2) is 13.3. The van der Waals surface area contributed by atoms with E-state index in [1.165, 1.54) is 30.0 Å². The first-order chi connectivity index (χ1) is 20.3. The third-order valence-electron chi connectivity index (χ3n) is 8.14. The Balaban J connectivity index is 0.000000217. The minimum absolute atomic E-state index is 0.0627. The molecule has 3 aromatic carbocycles. The minimum Gasteiger partial charge on any atom is -0.490 e. The molecule has 230 valence electrons. The SMILES string of the molecule is CC(C)(C)O.Cc1cc2c(c(-c3cc(F)c4c(c3C)CCCO4)c1CC(=O)O)CCN2C.O=Cc1ccc2c(c1)CCC2. The molecule has 43 heavy (non-hydrogen) atoms. The Hall–Kier alpha value is -3.71. The number of rotatable bonds is 4. The topological polar surface area (TPSA) is 87.1 Å². The molecule has 0 fully saturated rings. The van der Waals surface area contributed by atoms with Gasteiger partial charge < -0.3 is 19.8 Å². The van der Waals surface area contributed by atoms with Crippen LogP contribution < -0.4 is 9.64 Å². The van der Waals surface area contributed by atoms with Crippen molar-refractivity contribution in [3.05, 3.63) is 80.7 Å². The molecule has 0 spiro atoms. The number of aliphatic hydroxyl groups is 1. The number of aliphatic carboxylic acids is 1. The van der Waals surface area contributed by atoms with Crippen LogP contribution >= 0.6 is 0 Å². The lowest BCUT2D eigenvalue weighted by Gasteiger charge is -2.25. The number of hydrogen-bond donors (Lipinski definition) is 2. The molecule has 2 heterocycles. The molecule has 0 unspecified atom stereocenters. The first-order valence-corrected chi connectivity index (χ1v) is 15.1. The molecule has 0 saturated heterocycles. The van der Waals surface area contributed by atoms with E-state index in [-0.39, 0.29) is 12.2 Å². The predicted molar refractivity (Wildman–Crippen MR) is 169 cm³/mol. The Morgan fingerprint density at radius 2 is 1.72 bits per heavy atom. The van der Waals surface area contributed by atoms with Crippen LogP contribution in [-0.2, 0) is 36.9 Å². The molecule has 7 heteroatoms. The summed E-state index contributed by atoms with van der Waals surface area (Å²) in [5, 5.41) is 18.0. The van der Waals surface area contributed by atoms with Crippen molar-refractivity contribution < 1.29 is 28.9 Å². The van der Waals surface area contributed by atoms with Gasteiger partial charge in [-0.05, 0) is 136 Å². The summed E-state index contributed by atoms with van der Waals surface area (Å²) in [6, 6.07) is 9.59. The molecule has 3 aliphatic rings. The summed E-state index contributed by atoms with van der Waals surface area (Å²) >= 11 is 0. The number of benzene rings is 3. The van der Waals surface area contributed by atoms with Crippen LogP contribution in [0.3, 0.4) is 0 Å². The van der Waals surface area contributed by atoms with Gasteiger partial charge in [-0.2, -0.15) is 0 Å². The van der Waals surface area contributed by atoms with Crippen molar-refractivity contribution in [3.8, 4) is 16.9 Å². The fraction of sp³-hybridized carbons (Fsp3) is 0.444. The van der Waals surface area contributed by atoms with E-state index in [0.717, 1.165) is 88.7 Å². The number of carboxylic acid groups (broad SMARTS) is 1. The average molecular weight is 590 g/mol. The lowest BCUT2D eigenvalue weighted by Crippen LogP contribution is -2.14. The normalized spacial score (nSPS) is 14.7. The number of hydrogen-bond acceptors (Lipinski definition) is 5. The Kier molecular flexibility index (Phi) is 9.96. The Morgan fingerprint density at radius 3 is 2.40 bits per heavy atom. The van der Waals surface area contributed by atoms with Crippen LogP contribution in [0.4, 0.5) is 10.1 Å². The zero-order valence-electron chi connectivity index (χ0n) is 26.3. The second-order valence-corrected chi connectivity index (χ2v) is 12.7. The first-order valence-electron chi connectivity index (χ1n) is 15.1. The van der Waals surface area contributed by atoms with Crippen LogP contribution in [0.25, 0.3) is 11.1 Å². The van der Waals surface area contributed by atoms with Crippen LogP contribution in [-0.4, -0.2) is 48.3 Å². The van der Waals surface area contributed by atoms with E-state index in [9.17, 15) is 19.1 Å². The number of fused-ring (bicyclic) bond motifs is 3. The molecule has 0 aromatic heterocycles. The van der Waals surface area contributed by atoms with E-state index in [2.05, 4.69) is 17.0 Å². The molecule has 0 radical (unpaired) electrons. The van der Waals surface area contributed by atoms with Crippen molar-refractivity contribution in [2.75, 3.05) is 25.1 Å². The van der Waals surface area contributed by atoms with Crippen molar-refractivity contribution in [1.82, 2.24) is 0 Å². The van der Waals surface area contributed by atoms with Crippen LogP contribution in [0.5, 0.6) is 5.75 Å². The van der Waals surface area contributed by atoms with Gasteiger partial charge >= 0.3 is 5.97 Å². The summed E-state index contributed by atoms with van der Waals surface area (Å²) < 4.78 is 20.4. The quantitative estimate of drug-likeness (QED) is 0.325. The summed E-state index contributed by atoms with van der Waals surface area (Å²) in [7, 11) is 2.04. The number of carbonyl (C=O) groups excluding carboxylic acids is 1. The van der Waals surface area contributed by atoms with Gasteiger partial charge in [0.25, 0.3) is 0 Å². The number of aldehydes is 1. The lowest BCUT2D eigenvalue weighted by atomic mass is 9.84. The summed E-state index contributed by atoms with van der Waals surface area (Å²) in [6.07, 6.45) is 6.93. The number of ether oxygens (including phenoxy) is 1. The van der Waals surface area contributed by atoms with Gasteiger partial charge in [0.1, 0.15) is 6.29 Å². The third-order valence-corrected chi connectivity index (χ3v) is 8.14. The Morgan fingerprint density at radius 1 is 1.02 bits per heavy atom. The van der Waals surface area contributed by atoms with Crippen LogP contribution in [0, 0.1) is 19.7 Å². The van der Waals surface area contributed by atoms with Crippen molar-refractivity contribution in [2.24, 2.45) is 0 Å². The van der Waals surface area contributed by atoms with Gasteiger partial charge in [0.15, 0.2) is 11.6 Å². The van der Waals surface area contributed by atoms with Gasteiger partial charge in [0.2, 0.25) is 0 Å². The predicted octanol–water partition coefficient (Wildman–Crippen LogP) is 6.82. The first kappa shape index (κ1) is 32.2. The molecule has 0 atom stereocenters. The Bertz CT molecular complexity index is 1520. The maximum absolute atomic E-state index is 14.9. The molecule has 0 bridgehead atoms. The van der Waals surface area contributed by atoms with Crippen LogP contribution in [0.15, 0.2) is 30.3 Å². The number of carbonyl (C=O) groups is 2. The van der Waals surface area contributed by atoms with E-state index in [4.69, 9.17) is 9.84 Å². The molecule has 6 rings (SSSR count). The summed E-state index contributed by atoms with van der Waals surface area (Å²) in [4.78, 5) is 24.1. The number of anilines is 1. The third kappa shape index (κ3) is 7.63. The van der Waals surface area contributed by atoms with Gasteiger partial charge in [-0.25, -0.2) is 4.39 Å². The van der Waals surface area contributed by atoms with Crippen LogP contribution in [0.1, 0.15) is 82.9 Å². The number of halogens is 1. The van der Waals surface area contributed by atoms with E-state index in [1.54, 1.807) is 20.8 Å². The highest BCUT2D eigenvalue weighted by Crippen LogP contribution is 2.44. The van der Waals surface area contributed by atoms with Gasteiger partial charge in [-0.1, -0.05) is 12.1 Å². The summed E-state index contributed by atoms with van der Waals surface area (Å²) in [6.45, 7) is 10.6. The number of carboxylic acids is 1. The number of aryl methyl sites for hydroxylation is 3. The zero-order valence-corrected chi connectivity index (χ0v) is 26.3. The Labute approximate surface area is 254 Å². The number of nitrogens with zero attached hydrogens (tertiary/aromatic N) is 1. The fourth-order valence-electron chi connectivity index (χ4n) is 6.17. The molecular formula is C36H44FNO5. The molecular weight excluding hydrogens is 545 g/mol. The molecule has 1 aliphatic carbocycles. The highest BCUT2D eigenvalue weighted by molar-refractivity contribution is 5.86. The fourth-order valence-corrected chi connectivity index (χ4v) is 6.17. The second-order valence-electron chi connectivity index (χ2n) is 12.7. The van der Waals surface area contributed by atoms with Gasteiger partial charge in [-0.15, -0.1) is 0 Å². The smallest absolute Gasteiger partial charge is 0.307 e. The standard InChI is InChI=1S/C22H24FNO3.C10H10O.C4H10O/c1-12-9-19-15(6-7-24(19)3)21(16(12)11-20(25)26)17-10-18(23)22-14(13(17)2)5-4-8-27-22;11-7-8-4-5-9-2-1-3-10(9)6-8;1-4(2,3)5/h9-10H,4-8,11H2,1-3H3,(H,25,26);4-7H,1-3H2;5H,1-3H3. The largest absolute Gasteiger partial charge is 0.490 e. The molecule has 3 aromatic rings.